The molecule has 0 spiro atoms. The third-order valence-electron chi connectivity index (χ3n) is 3.79. The van der Waals surface area contributed by atoms with Crippen molar-refractivity contribution in [3.05, 3.63) is 65.9 Å². The van der Waals surface area contributed by atoms with Crippen molar-refractivity contribution in [1.29, 1.82) is 0 Å². The molecule has 4 aromatic rings. The van der Waals surface area contributed by atoms with Gasteiger partial charge in [-0.15, -0.1) is 11.3 Å². The van der Waals surface area contributed by atoms with Crippen molar-refractivity contribution in [2.75, 3.05) is 5.43 Å². The molecule has 0 saturated carbocycles. The Labute approximate surface area is 170 Å². The molecule has 0 aromatic carbocycles. The molecule has 4 aromatic heterocycles. The molecule has 0 aliphatic rings. The van der Waals surface area contributed by atoms with E-state index in [1.807, 2.05) is 0 Å². The molecule has 0 unspecified atom stereocenters. The number of anilines is 1. The van der Waals surface area contributed by atoms with Gasteiger partial charge in [-0.3, -0.25) is 20.6 Å². The fourth-order valence-corrected chi connectivity index (χ4v) is 3.17. The Morgan fingerprint density at radius 1 is 1.13 bits per heavy atom. The van der Waals surface area contributed by atoms with Crippen molar-refractivity contribution < 1.29 is 22.4 Å². The number of thiophene rings is 1. The predicted octanol–water partition coefficient (Wildman–Crippen LogP) is 4.03. The first kappa shape index (κ1) is 19.5. The smallest absolute Gasteiger partial charge is 0.433 e. The fourth-order valence-electron chi connectivity index (χ4n) is 2.46. The van der Waals surface area contributed by atoms with Crippen LogP contribution in [0.3, 0.4) is 0 Å². The van der Waals surface area contributed by atoms with Crippen LogP contribution in [0.4, 0.5) is 19.0 Å². The molecule has 8 nitrogen and oxygen atoms in total. The number of oxazole rings is 1. The van der Waals surface area contributed by atoms with Crippen LogP contribution in [-0.2, 0) is 6.18 Å². The number of halogens is 3. The molecule has 0 aliphatic carbocycles. The molecular weight excluding hydrogens is 421 g/mol. The molecule has 0 saturated heterocycles. The Bertz CT molecular complexity index is 1160. The Morgan fingerprint density at radius 2 is 1.93 bits per heavy atom. The first-order chi connectivity index (χ1) is 14.4. The minimum Gasteiger partial charge on any atom is -0.442 e. The first-order valence-corrected chi connectivity index (χ1v) is 9.20. The molecule has 0 bridgehead atoms. The van der Waals surface area contributed by atoms with Crippen LogP contribution in [0, 0.1) is 0 Å². The van der Waals surface area contributed by atoms with Crippen molar-refractivity contribution >= 4 is 23.1 Å². The second-order valence-electron chi connectivity index (χ2n) is 5.78. The van der Waals surface area contributed by atoms with E-state index < -0.39 is 17.8 Å². The molecule has 12 heteroatoms. The zero-order chi connectivity index (χ0) is 21.1. The molecule has 4 heterocycles. The summed E-state index contributed by atoms with van der Waals surface area (Å²) in [6.07, 6.45) is -0.781. The number of hydrogen-bond acceptors (Lipinski definition) is 8. The normalized spacial score (nSPS) is 11.3. The van der Waals surface area contributed by atoms with Crippen molar-refractivity contribution in [2.45, 2.75) is 6.18 Å². The molecule has 1 amide bonds. The number of hydrogen-bond donors (Lipinski definition) is 2. The second-order valence-corrected chi connectivity index (χ2v) is 6.73. The summed E-state index contributed by atoms with van der Waals surface area (Å²) in [4.78, 5) is 28.4. The lowest BCUT2D eigenvalue weighted by Crippen LogP contribution is -2.30. The van der Waals surface area contributed by atoms with Gasteiger partial charge in [0.05, 0.1) is 4.88 Å². The average Bonchev–Trinajstić information content (AvgIpc) is 3.43. The van der Waals surface area contributed by atoms with Gasteiger partial charge < -0.3 is 4.42 Å². The van der Waals surface area contributed by atoms with Gasteiger partial charge in [0.15, 0.2) is 29.4 Å². The standard InChI is InChI=1S/C18H11F3N6O2S/c19-18(20,21)12-8-13(25-16(24-12)10-3-5-22-6-4-10)26-27-17(28)14-15(29-9-23-14)11-2-1-7-30-11/h1-9H,(H,27,28)(H,24,25,26). The van der Waals surface area contributed by atoms with Crippen molar-refractivity contribution in [3.63, 3.8) is 0 Å². The van der Waals surface area contributed by atoms with E-state index in [1.54, 1.807) is 17.5 Å². The van der Waals surface area contributed by atoms with E-state index in [0.29, 0.717) is 16.5 Å². The number of aromatic nitrogens is 4. The molecule has 30 heavy (non-hydrogen) atoms. The minimum atomic E-state index is -4.70. The Hall–Kier alpha value is -3.80. The van der Waals surface area contributed by atoms with Crippen LogP contribution in [0.2, 0.25) is 0 Å². The molecule has 0 radical (unpaired) electrons. The van der Waals surface area contributed by atoms with Crippen LogP contribution in [0.5, 0.6) is 0 Å². The average molecular weight is 432 g/mol. The van der Waals surface area contributed by atoms with Crippen LogP contribution in [-0.4, -0.2) is 25.8 Å². The monoisotopic (exact) mass is 432 g/mol. The summed E-state index contributed by atoms with van der Waals surface area (Å²) in [7, 11) is 0. The van der Waals surface area contributed by atoms with Gasteiger partial charge in [-0.1, -0.05) is 6.07 Å². The molecule has 0 aliphatic heterocycles. The molecular formula is C18H11F3N6O2S. The largest absolute Gasteiger partial charge is 0.442 e. The number of carbonyl (C=O) groups is 1. The Morgan fingerprint density at radius 3 is 2.63 bits per heavy atom. The van der Waals surface area contributed by atoms with E-state index in [-0.39, 0.29) is 23.1 Å². The van der Waals surface area contributed by atoms with Gasteiger partial charge in [0.2, 0.25) is 0 Å². The van der Waals surface area contributed by atoms with E-state index in [4.69, 9.17) is 4.42 Å². The predicted molar refractivity (Wildman–Crippen MR) is 101 cm³/mol. The quantitative estimate of drug-likeness (QED) is 0.459. The van der Waals surface area contributed by atoms with E-state index in [0.717, 1.165) is 6.39 Å². The van der Waals surface area contributed by atoms with E-state index in [9.17, 15) is 18.0 Å². The van der Waals surface area contributed by atoms with Crippen molar-refractivity contribution in [3.8, 4) is 22.0 Å². The summed E-state index contributed by atoms with van der Waals surface area (Å²) < 4.78 is 45.0. The molecule has 2 N–H and O–H groups in total. The number of alkyl halides is 3. The highest BCUT2D eigenvalue weighted by atomic mass is 32.1. The van der Waals surface area contributed by atoms with Gasteiger partial charge in [0.25, 0.3) is 5.91 Å². The lowest BCUT2D eigenvalue weighted by molar-refractivity contribution is -0.141. The number of amides is 1. The number of carbonyl (C=O) groups excluding carboxylic acids is 1. The van der Waals surface area contributed by atoms with Gasteiger partial charge >= 0.3 is 6.18 Å². The summed E-state index contributed by atoms with van der Waals surface area (Å²) in [5, 5.41) is 1.80. The van der Waals surface area contributed by atoms with Crippen LogP contribution in [0.25, 0.3) is 22.0 Å². The summed E-state index contributed by atoms with van der Waals surface area (Å²) in [6.45, 7) is 0. The third-order valence-corrected chi connectivity index (χ3v) is 4.66. The Balaban J connectivity index is 1.59. The van der Waals surface area contributed by atoms with Crippen molar-refractivity contribution in [2.24, 2.45) is 0 Å². The van der Waals surface area contributed by atoms with Gasteiger partial charge in [0, 0.05) is 24.0 Å². The molecule has 0 atom stereocenters. The number of nitrogens with one attached hydrogen (secondary N) is 2. The van der Waals surface area contributed by atoms with Crippen LogP contribution >= 0.6 is 11.3 Å². The third kappa shape index (κ3) is 4.12. The van der Waals surface area contributed by atoms with E-state index >= 15 is 0 Å². The highest BCUT2D eigenvalue weighted by Gasteiger charge is 2.34. The maximum absolute atomic E-state index is 13.3. The highest BCUT2D eigenvalue weighted by Crippen LogP contribution is 2.31. The summed E-state index contributed by atoms with van der Waals surface area (Å²) in [5.74, 6) is -0.881. The minimum absolute atomic E-state index is 0.0237. The molecule has 4 rings (SSSR count). The lowest BCUT2D eigenvalue weighted by atomic mass is 10.2. The highest BCUT2D eigenvalue weighted by molar-refractivity contribution is 7.13. The fraction of sp³-hybridized carbons (Fsp3) is 0.0556. The van der Waals surface area contributed by atoms with E-state index in [1.165, 1.54) is 35.9 Å². The van der Waals surface area contributed by atoms with Gasteiger partial charge in [-0.25, -0.2) is 15.0 Å². The van der Waals surface area contributed by atoms with Gasteiger partial charge in [0.1, 0.15) is 5.82 Å². The molecule has 152 valence electrons. The lowest BCUT2D eigenvalue weighted by Gasteiger charge is -2.12. The SMILES string of the molecule is O=C(NNc1cc(C(F)(F)F)nc(-c2ccncc2)n1)c1ncoc1-c1cccs1. The molecule has 0 fully saturated rings. The van der Waals surface area contributed by atoms with Gasteiger partial charge in [-0.05, 0) is 23.6 Å². The second kappa shape index (κ2) is 7.91. The summed E-state index contributed by atoms with van der Waals surface area (Å²) in [6, 6.07) is 7.16. The Kier molecular flexibility index (Phi) is 5.14. The number of hydrazine groups is 1. The van der Waals surface area contributed by atoms with Gasteiger partial charge in [-0.2, -0.15) is 13.2 Å². The zero-order valence-electron chi connectivity index (χ0n) is 14.8. The van der Waals surface area contributed by atoms with E-state index in [2.05, 4.69) is 30.8 Å². The van der Waals surface area contributed by atoms with Crippen LogP contribution in [0.15, 0.2) is 58.9 Å². The maximum Gasteiger partial charge on any atom is 0.433 e. The van der Waals surface area contributed by atoms with Crippen LogP contribution in [0.1, 0.15) is 16.2 Å². The maximum atomic E-state index is 13.3. The number of pyridine rings is 1. The zero-order valence-corrected chi connectivity index (χ0v) is 15.7. The first-order valence-electron chi connectivity index (χ1n) is 8.32. The number of rotatable bonds is 5. The topological polar surface area (TPSA) is 106 Å². The van der Waals surface area contributed by atoms with Crippen molar-refractivity contribution in [1.82, 2.24) is 25.4 Å². The summed E-state index contributed by atoms with van der Waals surface area (Å²) in [5.41, 5.74) is 3.81. The van der Waals surface area contributed by atoms with Crippen LogP contribution < -0.4 is 10.9 Å². The summed E-state index contributed by atoms with van der Waals surface area (Å²) >= 11 is 1.35. The number of nitrogens with zero attached hydrogens (tertiary/aromatic N) is 4.